The highest BCUT2D eigenvalue weighted by atomic mass is 32.2. The van der Waals surface area contributed by atoms with E-state index in [4.69, 9.17) is 4.74 Å². The number of rotatable bonds is 6. The first-order valence-corrected chi connectivity index (χ1v) is 9.69. The summed E-state index contributed by atoms with van der Waals surface area (Å²) in [5.41, 5.74) is 1.73. The van der Waals surface area contributed by atoms with Crippen LogP contribution in [0.3, 0.4) is 0 Å². The van der Waals surface area contributed by atoms with Crippen LogP contribution >= 0.6 is 11.8 Å². The molecule has 1 unspecified atom stereocenters. The number of aromatic nitrogens is 1. The van der Waals surface area contributed by atoms with Gasteiger partial charge in [-0.2, -0.15) is 0 Å². The number of hydrogen-bond donors (Lipinski definition) is 1. The Bertz CT molecular complexity index is 978. The van der Waals surface area contributed by atoms with Gasteiger partial charge in [0.1, 0.15) is 5.03 Å². The molecule has 150 valence electrons. The van der Waals surface area contributed by atoms with Gasteiger partial charge in [0, 0.05) is 25.4 Å². The molecule has 0 radical (unpaired) electrons. The number of ether oxygens (including phenoxy) is 1. The Kier molecular flexibility index (Phi) is 6.28. The summed E-state index contributed by atoms with van der Waals surface area (Å²) in [6.45, 7) is 1.44. The third-order valence-corrected chi connectivity index (χ3v) is 5.42. The monoisotopic (exact) mass is 413 g/mol. The van der Waals surface area contributed by atoms with Crippen molar-refractivity contribution in [2.75, 3.05) is 19.0 Å². The van der Waals surface area contributed by atoms with Crippen LogP contribution in [-0.2, 0) is 19.1 Å². The molecule has 0 aliphatic carbocycles. The molecule has 9 heteroatoms. The highest BCUT2D eigenvalue weighted by molar-refractivity contribution is 8.00. The maximum absolute atomic E-state index is 12.4. The van der Waals surface area contributed by atoms with Crippen molar-refractivity contribution in [3.63, 3.8) is 0 Å². The average Bonchev–Trinajstić information content (AvgIpc) is 2.93. The Morgan fingerprint density at radius 1 is 1.28 bits per heavy atom. The molecule has 2 heterocycles. The van der Waals surface area contributed by atoms with E-state index in [0.29, 0.717) is 5.69 Å². The molecular formula is C20H19N3O5S. The fraction of sp³-hybridized carbons (Fsp3) is 0.250. The number of thioether (sulfide) groups is 1. The first kappa shape index (κ1) is 20.5. The number of hydrogen-bond acceptors (Lipinski definition) is 7. The number of amides is 3. The van der Waals surface area contributed by atoms with Crippen LogP contribution in [0.4, 0.5) is 5.69 Å². The van der Waals surface area contributed by atoms with E-state index in [1.54, 1.807) is 18.2 Å². The van der Waals surface area contributed by atoms with E-state index < -0.39 is 23.7 Å². The summed E-state index contributed by atoms with van der Waals surface area (Å²) >= 11 is 1.04. The molecule has 1 N–H and O–H groups in total. The first-order valence-electron chi connectivity index (χ1n) is 8.81. The number of anilines is 1. The number of carbonyl (C=O) groups excluding carboxylic acids is 4. The summed E-state index contributed by atoms with van der Waals surface area (Å²) in [5.74, 6) is -1.81. The van der Waals surface area contributed by atoms with Gasteiger partial charge in [0.15, 0.2) is 6.61 Å². The molecule has 0 spiro atoms. The van der Waals surface area contributed by atoms with E-state index in [9.17, 15) is 19.2 Å². The Morgan fingerprint density at radius 3 is 2.76 bits per heavy atom. The van der Waals surface area contributed by atoms with Crippen molar-refractivity contribution in [3.05, 3.63) is 53.7 Å². The molecule has 29 heavy (non-hydrogen) atoms. The van der Waals surface area contributed by atoms with Crippen molar-refractivity contribution in [1.29, 1.82) is 0 Å². The molecule has 1 saturated heterocycles. The molecule has 3 amide bonds. The molecule has 3 rings (SSSR count). The normalized spacial score (nSPS) is 16.1. The number of pyridine rings is 1. The van der Waals surface area contributed by atoms with E-state index in [1.807, 2.05) is 19.1 Å². The molecule has 1 fully saturated rings. The average molecular weight is 413 g/mol. The van der Waals surface area contributed by atoms with Gasteiger partial charge in [0.25, 0.3) is 5.91 Å². The predicted molar refractivity (Wildman–Crippen MR) is 106 cm³/mol. The summed E-state index contributed by atoms with van der Waals surface area (Å²) < 4.78 is 5.10. The van der Waals surface area contributed by atoms with E-state index in [2.05, 4.69) is 10.3 Å². The molecule has 1 aromatic carbocycles. The number of esters is 1. The summed E-state index contributed by atoms with van der Waals surface area (Å²) in [6.07, 6.45) is 1.53. The number of nitrogens with zero attached hydrogens (tertiary/aromatic N) is 2. The van der Waals surface area contributed by atoms with Gasteiger partial charge in [-0.1, -0.05) is 23.9 Å². The van der Waals surface area contributed by atoms with Gasteiger partial charge >= 0.3 is 5.97 Å². The van der Waals surface area contributed by atoms with E-state index in [1.165, 1.54) is 19.3 Å². The minimum atomic E-state index is -0.731. The van der Waals surface area contributed by atoms with Gasteiger partial charge in [0.2, 0.25) is 11.8 Å². The second-order valence-corrected chi connectivity index (χ2v) is 7.64. The van der Waals surface area contributed by atoms with Gasteiger partial charge in [-0.15, -0.1) is 0 Å². The van der Waals surface area contributed by atoms with E-state index in [-0.39, 0.29) is 28.8 Å². The van der Waals surface area contributed by atoms with Crippen LogP contribution in [-0.4, -0.2) is 52.5 Å². The third kappa shape index (κ3) is 5.00. The lowest BCUT2D eigenvalue weighted by Gasteiger charge is -2.11. The van der Waals surface area contributed by atoms with Crippen molar-refractivity contribution in [2.24, 2.45) is 0 Å². The van der Waals surface area contributed by atoms with Crippen molar-refractivity contribution in [2.45, 2.75) is 23.6 Å². The molecule has 1 aliphatic rings. The Labute approximate surface area is 171 Å². The zero-order valence-corrected chi connectivity index (χ0v) is 16.7. The largest absolute Gasteiger partial charge is 0.452 e. The van der Waals surface area contributed by atoms with Crippen LogP contribution in [0.2, 0.25) is 0 Å². The van der Waals surface area contributed by atoms with Crippen molar-refractivity contribution < 1.29 is 23.9 Å². The van der Waals surface area contributed by atoms with Gasteiger partial charge in [0.05, 0.1) is 10.8 Å². The highest BCUT2D eigenvalue weighted by Gasteiger charge is 2.37. The molecular weight excluding hydrogens is 394 g/mol. The number of imide groups is 1. The first-order chi connectivity index (χ1) is 13.8. The minimum Gasteiger partial charge on any atom is -0.452 e. The standard InChI is InChI=1S/C20H19N3O5S/c1-12-5-3-6-13(9-12)22-16(24)11-28-20(27)14-7-4-8-21-18(14)29-15-10-17(25)23(2)19(15)26/h3-9,15H,10-11H2,1-2H3,(H,22,24). The number of aryl methyl sites for hydroxylation is 1. The van der Waals surface area contributed by atoms with Crippen LogP contribution < -0.4 is 5.32 Å². The molecule has 1 atom stereocenters. The number of likely N-dealkylation sites (tertiary alicyclic amines) is 1. The Morgan fingerprint density at radius 2 is 2.07 bits per heavy atom. The smallest absolute Gasteiger partial charge is 0.341 e. The lowest BCUT2D eigenvalue weighted by Crippen LogP contribution is -2.26. The van der Waals surface area contributed by atoms with Crippen molar-refractivity contribution in [3.8, 4) is 0 Å². The Hall–Kier alpha value is -3.20. The lowest BCUT2D eigenvalue weighted by molar-refractivity contribution is -0.136. The maximum atomic E-state index is 12.4. The minimum absolute atomic E-state index is 0.0456. The summed E-state index contributed by atoms with van der Waals surface area (Å²) in [5, 5.41) is 2.29. The van der Waals surface area contributed by atoms with Crippen molar-refractivity contribution >= 4 is 41.1 Å². The molecule has 0 saturated carbocycles. The second kappa shape index (κ2) is 8.87. The SMILES string of the molecule is Cc1cccc(NC(=O)COC(=O)c2cccnc2SC2CC(=O)N(C)C2=O)c1. The Balaban J connectivity index is 1.62. The van der Waals surface area contributed by atoms with Gasteiger partial charge < -0.3 is 10.1 Å². The number of nitrogens with one attached hydrogen (secondary N) is 1. The number of benzene rings is 1. The fourth-order valence-electron chi connectivity index (χ4n) is 2.72. The summed E-state index contributed by atoms with van der Waals surface area (Å²) in [7, 11) is 1.42. The lowest BCUT2D eigenvalue weighted by atomic mass is 10.2. The zero-order valence-electron chi connectivity index (χ0n) is 15.9. The van der Waals surface area contributed by atoms with Crippen LogP contribution in [0.25, 0.3) is 0 Å². The molecule has 2 aromatic rings. The summed E-state index contributed by atoms with van der Waals surface area (Å²) in [6, 6.07) is 10.3. The number of carbonyl (C=O) groups is 4. The van der Waals surface area contributed by atoms with Crippen LogP contribution in [0.15, 0.2) is 47.6 Å². The van der Waals surface area contributed by atoms with Gasteiger partial charge in [-0.3, -0.25) is 19.3 Å². The molecule has 1 aromatic heterocycles. The fourth-order valence-corrected chi connectivity index (χ4v) is 3.87. The molecule has 8 nitrogen and oxygen atoms in total. The maximum Gasteiger partial charge on any atom is 0.341 e. The van der Waals surface area contributed by atoms with Crippen LogP contribution in [0, 0.1) is 6.92 Å². The van der Waals surface area contributed by atoms with Gasteiger partial charge in [-0.25, -0.2) is 9.78 Å². The quantitative estimate of drug-likeness (QED) is 0.571. The highest BCUT2D eigenvalue weighted by Crippen LogP contribution is 2.31. The zero-order chi connectivity index (χ0) is 21.0. The molecule has 0 bridgehead atoms. The molecule has 1 aliphatic heterocycles. The van der Waals surface area contributed by atoms with E-state index in [0.717, 1.165) is 22.2 Å². The van der Waals surface area contributed by atoms with Crippen LogP contribution in [0.1, 0.15) is 22.3 Å². The van der Waals surface area contributed by atoms with Crippen LogP contribution in [0.5, 0.6) is 0 Å². The van der Waals surface area contributed by atoms with Crippen molar-refractivity contribution in [1.82, 2.24) is 9.88 Å². The van der Waals surface area contributed by atoms with E-state index >= 15 is 0 Å². The second-order valence-electron chi connectivity index (χ2n) is 6.45. The van der Waals surface area contributed by atoms with Gasteiger partial charge in [-0.05, 0) is 36.8 Å². The third-order valence-electron chi connectivity index (χ3n) is 4.22. The predicted octanol–water partition coefficient (Wildman–Crippen LogP) is 2.03. The topological polar surface area (TPSA) is 106 Å². The summed E-state index contributed by atoms with van der Waals surface area (Å²) in [4.78, 5) is 53.5.